The van der Waals surface area contributed by atoms with Gasteiger partial charge in [0.2, 0.25) is 0 Å². The highest BCUT2D eigenvalue weighted by molar-refractivity contribution is 9.10. The summed E-state index contributed by atoms with van der Waals surface area (Å²) in [6.45, 7) is 5.48. The summed E-state index contributed by atoms with van der Waals surface area (Å²) in [5.74, 6) is -0.117. The molecule has 0 saturated heterocycles. The van der Waals surface area contributed by atoms with Gasteiger partial charge in [0.1, 0.15) is 0 Å². The lowest BCUT2D eigenvalue weighted by molar-refractivity contribution is 0.0921. The molecule has 1 amide bonds. The van der Waals surface area contributed by atoms with E-state index in [1.807, 2.05) is 0 Å². The first-order valence-corrected chi connectivity index (χ1v) is 7.24. The smallest absolute Gasteiger partial charge is 0.251 e. The molecule has 0 saturated carbocycles. The Hall–Kier alpha value is -0.580. The van der Waals surface area contributed by atoms with Gasteiger partial charge in [-0.15, -0.1) is 0 Å². The lowest BCUT2D eigenvalue weighted by Crippen LogP contribution is -2.34. The van der Waals surface area contributed by atoms with Crippen LogP contribution in [0.15, 0.2) is 22.7 Å². The van der Waals surface area contributed by atoms with Crippen molar-refractivity contribution in [2.75, 3.05) is 20.3 Å². The first kappa shape index (κ1) is 16.5. The average molecular weight is 349 g/mol. The molecular weight excluding hydrogens is 330 g/mol. The van der Waals surface area contributed by atoms with Crippen LogP contribution in [0.1, 0.15) is 30.6 Å². The Labute approximate surface area is 127 Å². The summed E-state index contributed by atoms with van der Waals surface area (Å²) < 4.78 is 5.86. The quantitative estimate of drug-likeness (QED) is 0.847. The maximum atomic E-state index is 12.0. The van der Waals surface area contributed by atoms with Crippen molar-refractivity contribution in [1.82, 2.24) is 5.32 Å². The topological polar surface area (TPSA) is 38.3 Å². The van der Waals surface area contributed by atoms with E-state index in [1.165, 1.54) is 0 Å². The zero-order valence-corrected chi connectivity index (χ0v) is 13.8. The molecule has 0 spiro atoms. The zero-order chi connectivity index (χ0) is 14.5. The van der Waals surface area contributed by atoms with Crippen molar-refractivity contribution in [2.45, 2.75) is 20.3 Å². The van der Waals surface area contributed by atoms with Crippen molar-refractivity contribution in [1.29, 1.82) is 0 Å². The fourth-order valence-electron chi connectivity index (χ4n) is 1.57. The number of hydrogen-bond donors (Lipinski definition) is 1. The molecule has 0 radical (unpaired) electrons. The minimum atomic E-state index is -0.117. The predicted molar refractivity (Wildman–Crippen MR) is 81.8 cm³/mol. The standard InChI is InChI=1S/C14H19BrClNO2/c1-14(2,4-5-19-3)9-17-13(18)10-6-11(15)8-12(16)7-10/h6-8H,4-5,9H2,1-3H3,(H,17,18). The first-order chi connectivity index (χ1) is 8.84. The van der Waals surface area contributed by atoms with Gasteiger partial charge in [0.05, 0.1) is 0 Å². The molecule has 0 aromatic heterocycles. The summed E-state index contributed by atoms with van der Waals surface area (Å²) in [5.41, 5.74) is 0.559. The van der Waals surface area contributed by atoms with E-state index in [1.54, 1.807) is 25.3 Å². The van der Waals surface area contributed by atoms with Gasteiger partial charge in [-0.2, -0.15) is 0 Å². The number of nitrogens with one attached hydrogen (secondary N) is 1. The van der Waals surface area contributed by atoms with Crippen molar-refractivity contribution in [3.8, 4) is 0 Å². The highest BCUT2D eigenvalue weighted by atomic mass is 79.9. The van der Waals surface area contributed by atoms with Crippen molar-refractivity contribution in [2.24, 2.45) is 5.41 Å². The molecule has 106 valence electrons. The van der Waals surface area contributed by atoms with Gasteiger partial charge in [-0.3, -0.25) is 4.79 Å². The molecule has 1 aromatic carbocycles. The molecule has 0 bridgehead atoms. The molecule has 0 fully saturated rings. The van der Waals surface area contributed by atoms with E-state index in [9.17, 15) is 4.79 Å². The van der Waals surface area contributed by atoms with E-state index in [4.69, 9.17) is 16.3 Å². The number of halogens is 2. The Kier molecular flexibility index (Phi) is 6.30. The first-order valence-electron chi connectivity index (χ1n) is 6.07. The van der Waals surface area contributed by atoms with Crippen molar-refractivity contribution >= 4 is 33.4 Å². The molecule has 1 rings (SSSR count). The Morgan fingerprint density at radius 3 is 2.68 bits per heavy atom. The summed E-state index contributed by atoms with van der Waals surface area (Å²) in [4.78, 5) is 12.0. The van der Waals surface area contributed by atoms with E-state index < -0.39 is 0 Å². The molecule has 0 aliphatic heterocycles. The van der Waals surface area contributed by atoms with Crippen LogP contribution in [-0.4, -0.2) is 26.2 Å². The molecule has 19 heavy (non-hydrogen) atoms. The summed E-state index contributed by atoms with van der Waals surface area (Å²) in [5, 5.41) is 3.47. The number of benzene rings is 1. The van der Waals surface area contributed by atoms with Gasteiger partial charge in [0.15, 0.2) is 0 Å². The maximum absolute atomic E-state index is 12.0. The fourth-order valence-corrected chi connectivity index (χ4v) is 2.43. The Bertz CT molecular complexity index is 429. The van der Waals surface area contributed by atoms with Gasteiger partial charge in [0, 0.05) is 35.3 Å². The van der Waals surface area contributed by atoms with E-state index in [0.29, 0.717) is 23.7 Å². The average Bonchev–Trinajstić information content (AvgIpc) is 2.32. The third-order valence-electron chi connectivity index (χ3n) is 2.84. The van der Waals surface area contributed by atoms with Crippen LogP contribution in [0, 0.1) is 5.41 Å². The van der Waals surface area contributed by atoms with E-state index in [0.717, 1.165) is 10.9 Å². The molecule has 0 aliphatic carbocycles. The highest BCUT2D eigenvalue weighted by Gasteiger charge is 2.19. The largest absolute Gasteiger partial charge is 0.385 e. The number of carbonyl (C=O) groups is 1. The van der Waals surface area contributed by atoms with Gasteiger partial charge < -0.3 is 10.1 Å². The SMILES string of the molecule is COCCC(C)(C)CNC(=O)c1cc(Cl)cc(Br)c1. The molecule has 0 unspecified atom stereocenters. The van der Waals surface area contributed by atoms with Crippen LogP contribution in [0.4, 0.5) is 0 Å². The van der Waals surface area contributed by atoms with Gasteiger partial charge >= 0.3 is 0 Å². The highest BCUT2D eigenvalue weighted by Crippen LogP contribution is 2.21. The second kappa shape index (κ2) is 7.27. The molecular formula is C14H19BrClNO2. The molecule has 0 heterocycles. The normalized spacial score (nSPS) is 11.4. The second-order valence-electron chi connectivity index (χ2n) is 5.25. The van der Waals surface area contributed by atoms with Crippen molar-refractivity contribution in [3.63, 3.8) is 0 Å². The number of rotatable bonds is 6. The van der Waals surface area contributed by atoms with Crippen LogP contribution >= 0.6 is 27.5 Å². The maximum Gasteiger partial charge on any atom is 0.251 e. The van der Waals surface area contributed by atoms with E-state index in [-0.39, 0.29) is 11.3 Å². The van der Waals surface area contributed by atoms with Gasteiger partial charge in [-0.05, 0) is 30.0 Å². The van der Waals surface area contributed by atoms with Crippen LogP contribution in [0.25, 0.3) is 0 Å². The molecule has 0 aliphatic rings. The summed E-state index contributed by atoms with van der Waals surface area (Å²) in [7, 11) is 1.68. The number of amides is 1. The number of carbonyl (C=O) groups excluding carboxylic acids is 1. The lowest BCUT2D eigenvalue weighted by Gasteiger charge is -2.24. The third kappa shape index (κ3) is 5.93. The van der Waals surface area contributed by atoms with Crippen LogP contribution in [0.5, 0.6) is 0 Å². The molecule has 1 N–H and O–H groups in total. The summed E-state index contributed by atoms with van der Waals surface area (Å²) >= 11 is 9.25. The summed E-state index contributed by atoms with van der Waals surface area (Å²) in [6, 6.07) is 5.16. The fraction of sp³-hybridized carbons (Fsp3) is 0.500. The second-order valence-corrected chi connectivity index (χ2v) is 6.60. The number of ether oxygens (including phenoxy) is 1. The van der Waals surface area contributed by atoms with Crippen LogP contribution in [0.2, 0.25) is 5.02 Å². The Balaban J connectivity index is 2.60. The van der Waals surface area contributed by atoms with E-state index in [2.05, 4.69) is 35.1 Å². The van der Waals surface area contributed by atoms with Crippen LogP contribution in [0.3, 0.4) is 0 Å². The zero-order valence-electron chi connectivity index (χ0n) is 11.4. The van der Waals surface area contributed by atoms with Gasteiger partial charge in [-0.25, -0.2) is 0 Å². The Morgan fingerprint density at radius 2 is 2.11 bits per heavy atom. The monoisotopic (exact) mass is 347 g/mol. The summed E-state index contributed by atoms with van der Waals surface area (Å²) in [6.07, 6.45) is 0.892. The molecule has 3 nitrogen and oxygen atoms in total. The van der Waals surface area contributed by atoms with E-state index >= 15 is 0 Å². The number of hydrogen-bond acceptors (Lipinski definition) is 2. The van der Waals surface area contributed by atoms with Crippen LogP contribution in [-0.2, 0) is 4.74 Å². The van der Waals surface area contributed by atoms with Crippen molar-refractivity contribution < 1.29 is 9.53 Å². The van der Waals surface area contributed by atoms with Crippen molar-refractivity contribution in [3.05, 3.63) is 33.3 Å². The molecule has 5 heteroatoms. The number of methoxy groups -OCH3 is 1. The predicted octanol–water partition coefficient (Wildman–Crippen LogP) is 3.90. The molecule has 1 aromatic rings. The van der Waals surface area contributed by atoms with Crippen LogP contribution < -0.4 is 5.32 Å². The van der Waals surface area contributed by atoms with Gasteiger partial charge in [0.25, 0.3) is 5.91 Å². The molecule has 0 atom stereocenters. The minimum Gasteiger partial charge on any atom is -0.385 e. The Morgan fingerprint density at radius 1 is 1.42 bits per heavy atom. The third-order valence-corrected chi connectivity index (χ3v) is 3.51. The lowest BCUT2D eigenvalue weighted by atomic mass is 9.89. The van der Waals surface area contributed by atoms with Gasteiger partial charge in [-0.1, -0.05) is 41.4 Å². The minimum absolute atomic E-state index is 0.00147.